The normalized spacial score (nSPS) is 13.7. The molecule has 1 atom stereocenters. The molecule has 1 aromatic rings. The second kappa shape index (κ2) is 6.32. The molecule has 7 heteroatoms. The van der Waals surface area contributed by atoms with Crippen LogP contribution in [-0.2, 0) is 4.74 Å². The van der Waals surface area contributed by atoms with Gasteiger partial charge >= 0.3 is 12.3 Å². The Labute approximate surface area is 120 Å². The van der Waals surface area contributed by atoms with Crippen molar-refractivity contribution in [1.82, 2.24) is 5.32 Å². The fraction of sp³-hybridized carbons (Fsp3) is 0.500. The average molecular weight is 307 g/mol. The average Bonchev–Trinajstić information content (AvgIpc) is 2.32. The number of hydrogen-bond acceptors (Lipinski definition) is 2. The molecule has 3 nitrogen and oxygen atoms in total. The first-order valence-electron chi connectivity index (χ1n) is 6.24. The van der Waals surface area contributed by atoms with Gasteiger partial charge in [0.05, 0.1) is 6.04 Å². The summed E-state index contributed by atoms with van der Waals surface area (Å²) in [4.78, 5) is 11.5. The van der Waals surface area contributed by atoms with Crippen molar-refractivity contribution >= 4 is 6.09 Å². The van der Waals surface area contributed by atoms with Crippen molar-refractivity contribution in [2.24, 2.45) is 5.41 Å². The zero-order valence-corrected chi connectivity index (χ0v) is 11.9. The molecule has 118 valence electrons. The molecule has 1 aromatic carbocycles. The van der Waals surface area contributed by atoms with E-state index < -0.39 is 36.2 Å². The van der Waals surface area contributed by atoms with Crippen molar-refractivity contribution in [3.8, 4) is 0 Å². The van der Waals surface area contributed by atoms with Gasteiger partial charge in [0, 0.05) is 0 Å². The third kappa shape index (κ3) is 6.01. The number of amides is 1. The van der Waals surface area contributed by atoms with Crippen molar-refractivity contribution in [3.05, 3.63) is 35.6 Å². The molecule has 0 saturated carbocycles. The van der Waals surface area contributed by atoms with Gasteiger partial charge in [-0.15, -0.1) is 0 Å². The zero-order valence-electron chi connectivity index (χ0n) is 11.9. The van der Waals surface area contributed by atoms with Crippen LogP contribution in [0, 0.1) is 11.2 Å². The largest absolute Gasteiger partial charge is 0.440 e. The van der Waals surface area contributed by atoms with Gasteiger partial charge in [-0.3, -0.25) is 0 Å². The molecule has 0 spiro atoms. The monoisotopic (exact) mass is 307 g/mol. The van der Waals surface area contributed by atoms with E-state index in [2.05, 4.69) is 10.1 Å². The predicted molar refractivity (Wildman–Crippen MR) is 69.1 cm³/mol. The van der Waals surface area contributed by atoms with E-state index in [4.69, 9.17) is 0 Å². The molecule has 0 aromatic heterocycles. The van der Waals surface area contributed by atoms with E-state index in [0.29, 0.717) is 5.56 Å². The van der Waals surface area contributed by atoms with E-state index in [1.165, 1.54) is 24.3 Å². The van der Waals surface area contributed by atoms with Crippen molar-refractivity contribution in [2.45, 2.75) is 33.0 Å². The Hall–Kier alpha value is -1.79. The lowest BCUT2D eigenvalue weighted by atomic mass is 9.82. The van der Waals surface area contributed by atoms with Gasteiger partial charge < -0.3 is 10.1 Å². The zero-order chi connectivity index (χ0) is 16.3. The molecule has 1 N–H and O–H groups in total. The summed E-state index contributed by atoms with van der Waals surface area (Å²) in [5.41, 5.74) is 0.0857. The van der Waals surface area contributed by atoms with Gasteiger partial charge in [-0.2, -0.15) is 13.2 Å². The van der Waals surface area contributed by atoms with Crippen LogP contribution < -0.4 is 5.32 Å². The highest BCUT2D eigenvalue weighted by molar-refractivity contribution is 5.68. The third-order valence-corrected chi connectivity index (χ3v) is 2.70. The van der Waals surface area contributed by atoms with Gasteiger partial charge in [0.25, 0.3) is 0 Å². The number of alkyl halides is 3. The molecule has 21 heavy (non-hydrogen) atoms. The summed E-state index contributed by atoms with van der Waals surface area (Å²) in [5, 5.41) is 2.38. The van der Waals surface area contributed by atoms with Crippen LogP contribution >= 0.6 is 0 Å². The highest BCUT2D eigenvalue weighted by Crippen LogP contribution is 2.33. The highest BCUT2D eigenvalue weighted by atomic mass is 19.4. The Bertz CT molecular complexity index is 477. The SMILES string of the molecule is CC(C)(C)C(NC(=O)OCC(F)(F)F)c1ccc(F)cc1. The molecule has 0 bridgehead atoms. The summed E-state index contributed by atoms with van der Waals surface area (Å²) in [6.45, 7) is 3.74. The van der Waals surface area contributed by atoms with E-state index in [9.17, 15) is 22.4 Å². The maximum atomic E-state index is 12.9. The van der Waals surface area contributed by atoms with Crippen molar-refractivity contribution in [3.63, 3.8) is 0 Å². The Morgan fingerprint density at radius 1 is 1.19 bits per heavy atom. The highest BCUT2D eigenvalue weighted by Gasteiger charge is 2.32. The maximum absolute atomic E-state index is 12.9. The molecule has 0 radical (unpaired) electrons. The molecule has 0 heterocycles. The third-order valence-electron chi connectivity index (χ3n) is 2.70. The van der Waals surface area contributed by atoms with Gasteiger partial charge in [0.2, 0.25) is 0 Å². The fourth-order valence-electron chi connectivity index (χ4n) is 1.76. The number of alkyl carbamates (subject to hydrolysis) is 1. The van der Waals surface area contributed by atoms with Crippen LogP contribution in [0.4, 0.5) is 22.4 Å². The topological polar surface area (TPSA) is 38.3 Å². The first kappa shape index (κ1) is 17.3. The number of carbonyl (C=O) groups is 1. The number of benzene rings is 1. The number of nitrogens with one attached hydrogen (secondary N) is 1. The van der Waals surface area contributed by atoms with E-state index in [-0.39, 0.29) is 0 Å². The molecular formula is C14H17F4NO2. The lowest BCUT2D eigenvalue weighted by molar-refractivity contribution is -0.160. The Morgan fingerprint density at radius 2 is 1.71 bits per heavy atom. The number of ether oxygens (including phenoxy) is 1. The van der Waals surface area contributed by atoms with Crippen LogP contribution in [0.2, 0.25) is 0 Å². The lowest BCUT2D eigenvalue weighted by Gasteiger charge is -2.31. The van der Waals surface area contributed by atoms with Gasteiger partial charge in [0.1, 0.15) is 5.82 Å². The van der Waals surface area contributed by atoms with Crippen LogP contribution in [-0.4, -0.2) is 18.9 Å². The second-order valence-electron chi connectivity index (χ2n) is 5.69. The quantitative estimate of drug-likeness (QED) is 0.850. The maximum Gasteiger partial charge on any atom is 0.422 e. The smallest absolute Gasteiger partial charge is 0.422 e. The van der Waals surface area contributed by atoms with E-state index in [1.54, 1.807) is 20.8 Å². The van der Waals surface area contributed by atoms with Crippen molar-refractivity contribution < 1.29 is 27.1 Å². The van der Waals surface area contributed by atoms with Crippen LogP contribution in [0.1, 0.15) is 32.4 Å². The molecule has 0 fully saturated rings. The summed E-state index contributed by atoms with van der Waals surface area (Å²) in [6, 6.07) is 4.76. The first-order chi connectivity index (χ1) is 9.49. The second-order valence-corrected chi connectivity index (χ2v) is 5.69. The lowest BCUT2D eigenvalue weighted by Crippen LogP contribution is -2.38. The Kier molecular flexibility index (Phi) is 5.20. The van der Waals surface area contributed by atoms with Crippen LogP contribution in [0.3, 0.4) is 0 Å². The molecule has 0 saturated heterocycles. The summed E-state index contributed by atoms with van der Waals surface area (Å²) < 4.78 is 53.1. The summed E-state index contributed by atoms with van der Waals surface area (Å²) >= 11 is 0. The van der Waals surface area contributed by atoms with Gasteiger partial charge in [-0.05, 0) is 23.1 Å². The minimum atomic E-state index is -4.58. The van der Waals surface area contributed by atoms with Crippen molar-refractivity contribution in [2.75, 3.05) is 6.61 Å². The van der Waals surface area contributed by atoms with Crippen LogP contribution in [0.25, 0.3) is 0 Å². The molecule has 0 aliphatic rings. The molecule has 0 aliphatic carbocycles. The number of rotatable bonds is 3. The van der Waals surface area contributed by atoms with E-state index in [1.807, 2.05) is 0 Å². The van der Waals surface area contributed by atoms with Crippen LogP contribution in [0.5, 0.6) is 0 Å². The number of hydrogen-bond donors (Lipinski definition) is 1. The van der Waals surface area contributed by atoms with Gasteiger partial charge in [-0.1, -0.05) is 32.9 Å². The molecule has 1 rings (SSSR count). The number of halogens is 4. The predicted octanol–water partition coefficient (Wildman–Crippen LogP) is 4.20. The Morgan fingerprint density at radius 3 is 2.14 bits per heavy atom. The van der Waals surface area contributed by atoms with Crippen molar-refractivity contribution in [1.29, 1.82) is 0 Å². The van der Waals surface area contributed by atoms with Crippen LogP contribution in [0.15, 0.2) is 24.3 Å². The molecule has 0 aliphatic heterocycles. The first-order valence-corrected chi connectivity index (χ1v) is 6.24. The Balaban J connectivity index is 2.81. The minimum Gasteiger partial charge on any atom is -0.440 e. The summed E-state index contributed by atoms with van der Waals surface area (Å²) in [5.74, 6) is -0.439. The van der Waals surface area contributed by atoms with E-state index in [0.717, 1.165) is 0 Å². The summed E-state index contributed by atoms with van der Waals surface area (Å²) in [6.07, 6.45) is -5.75. The van der Waals surface area contributed by atoms with Gasteiger partial charge in [-0.25, -0.2) is 9.18 Å². The van der Waals surface area contributed by atoms with Gasteiger partial charge in [0.15, 0.2) is 6.61 Å². The molecule has 1 unspecified atom stereocenters. The molecular weight excluding hydrogens is 290 g/mol. The van der Waals surface area contributed by atoms with E-state index >= 15 is 0 Å². The standard InChI is InChI=1S/C14H17F4NO2/c1-13(2,3)11(9-4-6-10(15)7-5-9)19-12(20)21-8-14(16,17)18/h4-7,11H,8H2,1-3H3,(H,19,20). The minimum absolute atomic E-state index is 0.439. The molecule has 1 amide bonds. The fourth-order valence-corrected chi connectivity index (χ4v) is 1.76. The number of carbonyl (C=O) groups excluding carboxylic acids is 1. The summed E-state index contributed by atoms with van der Waals surface area (Å²) in [7, 11) is 0.